The Bertz CT molecular complexity index is 380. The van der Waals surface area contributed by atoms with Gasteiger partial charge in [-0.25, -0.2) is 9.59 Å². The first kappa shape index (κ1) is 17.1. The molecule has 0 bridgehead atoms. The average molecular weight is 316 g/mol. The standard InChI is InChI=1S/C14H24N2O6/c1-9-5-3-7-15(9)21-13(19)11(17)12(18)14(20)22-16-8-4-6-10(16)2/h9-12,17-18H,3-8H2,1-2H3/t9-,10-,11?,12?/m0/s1. The van der Waals surface area contributed by atoms with Crippen molar-refractivity contribution in [2.75, 3.05) is 13.1 Å². The van der Waals surface area contributed by atoms with Crippen LogP contribution in [0, 0.1) is 0 Å². The van der Waals surface area contributed by atoms with Crippen LogP contribution in [-0.4, -0.2) is 69.7 Å². The summed E-state index contributed by atoms with van der Waals surface area (Å²) in [7, 11) is 0. The number of nitrogens with zero attached hydrogens (tertiary/aromatic N) is 2. The van der Waals surface area contributed by atoms with E-state index >= 15 is 0 Å². The second kappa shape index (κ2) is 7.36. The predicted molar refractivity (Wildman–Crippen MR) is 75.0 cm³/mol. The third-order valence-electron chi connectivity index (χ3n) is 4.18. The Morgan fingerprint density at radius 2 is 1.27 bits per heavy atom. The van der Waals surface area contributed by atoms with Gasteiger partial charge in [-0.05, 0) is 39.5 Å². The molecule has 0 radical (unpaired) electrons. The molecule has 2 aliphatic heterocycles. The molecule has 8 heteroatoms. The Hall–Kier alpha value is -1.22. The number of carbonyl (C=O) groups is 2. The van der Waals surface area contributed by atoms with E-state index in [1.54, 1.807) is 0 Å². The lowest BCUT2D eigenvalue weighted by Crippen LogP contribution is -2.46. The lowest BCUT2D eigenvalue weighted by molar-refractivity contribution is -0.221. The quantitative estimate of drug-likeness (QED) is 0.706. The first-order chi connectivity index (χ1) is 10.4. The molecule has 0 aromatic heterocycles. The number of aliphatic hydroxyl groups is 2. The van der Waals surface area contributed by atoms with Gasteiger partial charge in [-0.2, -0.15) is 0 Å². The first-order valence-corrected chi connectivity index (χ1v) is 7.73. The zero-order valence-electron chi connectivity index (χ0n) is 13.0. The number of carbonyl (C=O) groups excluding carboxylic acids is 2. The Morgan fingerprint density at radius 3 is 1.55 bits per heavy atom. The van der Waals surface area contributed by atoms with Crippen molar-refractivity contribution < 1.29 is 29.5 Å². The van der Waals surface area contributed by atoms with Crippen LogP contribution in [0.2, 0.25) is 0 Å². The molecule has 126 valence electrons. The van der Waals surface area contributed by atoms with E-state index in [1.165, 1.54) is 10.1 Å². The first-order valence-electron chi connectivity index (χ1n) is 7.73. The van der Waals surface area contributed by atoms with Gasteiger partial charge >= 0.3 is 11.9 Å². The average Bonchev–Trinajstić information content (AvgIpc) is 3.07. The Balaban J connectivity index is 1.83. The van der Waals surface area contributed by atoms with Crippen molar-refractivity contribution in [1.82, 2.24) is 10.1 Å². The third kappa shape index (κ3) is 3.95. The van der Waals surface area contributed by atoms with Crippen molar-refractivity contribution in [2.24, 2.45) is 0 Å². The maximum atomic E-state index is 11.8. The van der Waals surface area contributed by atoms with Gasteiger partial charge in [-0.1, -0.05) is 0 Å². The van der Waals surface area contributed by atoms with Crippen LogP contribution in [0.15, 0.2) is 0 Å². The van der Waals surface area contributed by atoms with Gasteiger partial charge in [0, 0.05) is 25.2 Å². The van der Waals surface area contributed by atoms with E-state index in [4.69, 9.17) is 9.68 Å². The topological polar surface area (TPSA) is 99.5 Å². The molecule has 8 nitrogen and oxygen atoms in total. The molecule has 4 atom stereocenters. The van der Waals surface area contributed by atoms with Gasteiger partial charge in [0.2, 0.25) is 0 Å². The summed E-state index contributed by atoms with van der Waals surface area (Å²) in [6.07, 6.45) is -0.359. The van der Waals surface area contributed by atoms with E-state index in [0.29, 0.717) is 13.1 Å². The summed E-state index contributed by atoms with van der Waals surface area (Å²) in [6.45, 7) is 4.94. The molecule has 2 rings (SSSR count). The molecule has 2 N–H and O–H groups in total. The minimum Gasteiger partial charge on any atom is -0.379 e. The van der Waals surface area contributed by atoms with Gasteiger partial charge in [0.1, 0.15) is 0 Å². The second-order valence-electron chi connectivity index (χ2n) is 5.97. The highest BCUT2D eigenvalue weighted by Crippen LogP contribution is 2.19. The molecule has 2 fully saturated rings. The summed E-state index contributed by atoms with van der Waals surface area (Å²) >= 11 is 0. The molecular formula is C14H24N2O6. The fraction of sp³-hybridized carbons (Fsp3) is 0.857. The SMILES string of the molecule is C[C@H]1CCCN1OC(=O)C(O)C(O)C(=O)ON1CCC[C@@H]1C. The van der Waals surface area contributed by atoms with Crippen molar-refractivity contribution in [1.29, 1.82) is 0 Å². The monoisotopic (exact) mass is 316 g/mol. The molecule has 0 aromatic carbocycles. The van der Waals surface area contributed by atoms with Crippen LogP contribution in [0.1, 0.15) is 39.5 Å². The van der Waals surface area contributed by atoms with E-state index in [2.05, 4.69) is 0 Å². The van der Waals surface area contributed by atoms with Gasteiger partial charge < -0.3 is 19.9 Å². The van der Waals surface area contributed by atoms with Gasteiger partial charge in [-0.3, -0.25) is 0 Å². The van der Waals surface area contributed by atoms with Crippen LogP contribution in [0.25, 0.3) is 0 Å². The normalized spacial score (nSPS) is 29.3. The van der Waals surface area contributed by atoms with Crippen LogP contribution in [-0.2, 0) is 19.3 Å². The van der Waals surface area contributed by atoms with Crippen LogP contribution < -0.4 is 0 Å². The molecular weight excluding hydrogens is 292 g/mol. The fourth-order valence-electron chi connectivity index (χ4n) is 2.68. The van der Waals surface area contributed by atoms with Crippen molar-refractivity contribution in [2.45, 2.75) is 63.8 Å². The van der Waals surface area contributed by atoms with Crippen molar-refractivity contribution >= 4 is 11.9 Å². The van der Waals surface area contributed by atoms with Crippen LogP contribution in [0.4, 0.5) is 0 Å². The molecule has 0 spiro atoms. The molecule has 0 saturated carbocycles. The summed E-state index contributed by atoms with van der Waals surface area (Å²) in [5.41, 5.74) is 0. The molecule has 2 unspecified atom stereocenters. The summed E-state index contributed by atoms with van der Waals surface area (Å²) in [5, 5.41) is 22.4. The largest absolute Gasteiger partial charge is 0.379 e. The second-order valence-corrected chi connectivity index (χ2v) is 5.97. The smallest absolute Gasteiger partial charge is 0.357 e. The van der Waals surface area contributed by atoms with Crippen molar-refractivity contribution in [3.8, 4) is 0 Å². The predicted octanol–water partition coefficient (Wildman–Crippen LogP) is -0.407. The highest BCUT2D eigenvalue weighted by molar-refractivity contribution is 5.85. The van der Waals surface area contributed by atoms with E-state index in [9.17, 15) is 19.8 Å². The number of rotatable bonds is 5. The van der Waals surface area contributed by atoms with Crippen LogP contribution in [0.3, 0.4) is 0 Å². The summed E-state index contributed by atoms with van der Waals surface area (Å²) < 4.78 is 0. The number of hydrogen-bond donors (Lipinski definition) is 2. The van der Waals surface area contributed by atoms with Gasteiger partial charge in [-0.15, -0.1) is 10.1 Å². The van der Waals surface area contributed by atoms with Crippen molar-refractivity contribution in [3.05, 3.63) is 0 Å². The number of aliphatic hydroxyl groups excluding tert-OH is 2. The zero-order chi connectivity index (χ0) is 16.3. The van der Waals surface area contributed by atoms with Gasteiger partial charge in [0.15, 0.2) is 12.2 Å². The summed E-state index contributed by atoms with van der Waals surface area (Å²) in [5.74, 6) is -2.10. The molecule has 0 aromatic rings. The van der Waals surface area contributed by atoms with Crippen molar-refractivity contribution in [3.63, 3.8) is 0 Å². The van der Waals surface area contributed by atoms with E-state index < -0.39 is 24.1 Å². The fourth-order valence-corrected chi connectivity index (χ4v) is 2.68. The lowest BCUT2D eigenvalue weighted by Gasteiger charge is -2.24. The van der Waals surface area contributed by atoms with E-state index in [1.807, 2.05) is 13.8 Å². The Labute approximate surface area is 129 Å². The molecule has 2 saturated heterocycles. The van der Waals surface area contributed by atoms with Crippen LogP contribution in [0.5, 0.6) is 0 Å². The van der Waals surface area contributed by atoms with E-state index in [0.717, 1.165) is 25.7 Å². The molecule has 2 heterocycles. The van der Waals surface area contributed by atoms with Crippen LogP contribution >= 0.6 is 0 Å². The Morgan fingerprint density at radius 1 is 0.909 bits per heavy atom. The molecule has 22 heavy (non-hydrogen) atoms. The molecule has 0 amide bonds. The minimum atomic E-state index is -1.96. The van der Waals surface area contributed by atoms with Gasteiger partial charge in [0.05, 0.1) is 0 Å². The summed E-state index contributed by atoms with van der Waals surface area (Å²) in [4.78, 5) is 33.6. The highest BCUT2D eigenvalue weighted by atomic mass is 16.7. The third-order valence-corrected chi connectivity index (χ3v) is 4.18. The van der Waals surface area contributed by atoms with E-state index in [-0.39, 0.29) is 12.1 Å². The maximum absolute atomic E-state index is 11.8. The number of hydroxylamine groups is 4. The van der Waals surface area contributed by atoms with Gasteiger partial charge in [0.25, 0.3) is 0 Å². The molecule has 2 aliphatic rings. The molecule has 0 aliphatic carbocycles. The zero-order valence-corrected chi connectivity index (χ0v) is 13.0. The number of hydrogen-bond acceptors (Lipinski definition) is 8. The maximum Gasteiger partial charge on any atom is 0.357 e. The lowest BCUT2D eigenvalue weighted by atomic mass is 10.2. The summed E-state index contributed by atoms with van der Waals surface area (Å²) in [6, 6.07) is 0.122. The Kier molecular flexibility index (Phi) is 5.74. The minimum absolute atomic E-state index is 0.0608. The highest BCUT2D eigenvalue weighted by Gasteiger charge is 2.37.